The van der Waals surface area contributed by atoms with Gasteiger partial charge in [-0.15, -0.1) is 13.2 Å². The molecular weight excluding hydrogens is 166 g/mol. The minimum atomic E-state index is -0.262. The average molecular weight is 177 g/mol. The Hall–Kier alpha value is -1.64. The Morgan fingerprint density at radius 2 is 2.00 bits per heavy atom. The fourth-order valence-corrected chi connectivity index (χ4v) is 1.17. The van der Waals surface area contributed by atoms with E-state index in [-0.39, 0.29) is 18.4 Å². The highest BCUT2D eigenvalue weighted by Crippen LogP contribution is 2.15. The summed E-state index contributed by atoms with van der Waals surface area (Å²) in [4.78, 5) is 23.8. The molecule has 0 saturated carbocycles. The third kappa shape index (κ3) is 1.75. The zero-order valence-electron chi connectivity index (χ0n) is 7.32. The van der Waals surface area contributed by atoms with Crippen molar-refractivity contribution >= 4 is 11.8 Å². The Balaban J connectivity index is 2.78. The molecule has 0 aromatic heterocycles. The number of hydrogen-bond donors (Lipinski definition) is 0. The van der Waals surface area contributed by atoms with Gasteiger partial charge < -0.3 is 0 Å². The number of amides is 2. The number of rotatable bonds is 4. The summed E-state index contributed by atoms with van der Waals surface area (Å²) < 4.78 is 0. The highest BCUT2D eigenvalue weighted by Gasteiger charge is 2.28. The summed E-state index contributed by atoms with van der Waals surface area (Å²) in [6.07, 6.45) is 4.93. The number of allylic oxidation sites excluding steroid dienone is 1. The molecule has 3 nitrogen and oxygen atoms in total. The van der Waals surface area contributed by atoms with Crippen molar-refractivity contribution in [1.82, 2.24) is 4.90 Å². The lowest BCUT2D eigenvalue weighted by atomic mass is 10.2. The first-order chi connectivity index (χ1) is 6.20. The maximum absolute atomic E-state index is 11.4. The van der Waals surface area contributed by atoms with Gasteiger partial charge in [0.2, 0.25) is 0 Å². The van der Waals surface area contributed by atoms with Crippen molar-refractivity contribution in [3.63, 3.8) is 0 Å². The average Bonchev–Trinajstić information content (AvgIpc) is 2.34. The predicted molar refractivity (Wildman–Crippen MR) is 49.8 cm³/mol. The molecule has 1 aliphatic heterocycles. The van der Waals surface area contributed by atoms with E-state index in [1.165, 1.54) is 12.2 Å². The number of imide groups is 1. The van der Waals surface area contributed by atoms with Gasteiger partial charge in [0, 0.05) is 18.2 Å². The molecule has 0 bridgehead atoms. The van der Waals surface area contributed by atoms with Gasteiger partial charge in [-0.05, 0) is 6.42 Å². The minimum Gasteiger partial charge on any atom is -0.271 e. The summed E-state index contributed by atoms with van der Waals surface area (Å²) in [6.45, 7) is 7.26. The van der Waals surface area contributed by atoms with Crippen molar-refractivity contribution in [2.24, 2.45) is 0 Å². The van der Waals surface area contributed by atoms with Gasteiger partial charge in [0.05, 0.1) is 0 Å². The molecule has 0 spiro atoms. The molecule has 0 unspecified atom stereocenters. The largest absolute Gasteiger partial charge is 0.271 e. The van der Waals surface area contributed by atoms with Crippen molar-refractivity contribution in [2.75, 3.05) is 6.54 Å². The number of carbonyl (C=O) groups excluding carboxylic acids is 2. The Morgan fingerprint density at radius 1 is 1.31 bits per heavy atom. The van der Waals surface area contributed by atoms with Crippen molar-refractivity contribution in [3.8, 4) is 0 Å². The van der Waals surface area contributed by atoms with Crippen molar-refractivity contribution in [2.45, 2.75) is 6.42 Å². The molecule has 0 N–H and O–H groups in total. The van der Waals surface area contributed by atoms with Crippen LogP contribution in [0.2, 0.25) is 0 Å². The third-order valence-electron chi connectivity index (χ3n) is 1.76. The first-order valence-corrected chi connectivity index (χ1v) is 3.99. The Bertz CT molecular complexity index is 302. The van der Waals surface area contributed by atoms with Gasteiger partial charge in [0.15, 0.2) is 0 Å². The smallest absolute Gasteiger partial charge is 0.257 e. The molecular formula is C10H11NO2. The summed E-state index contributed by atoms with van der Waals surface area (Å²) >= 11 is 0. The van der Waals surface area contributed by atoms with Crippen LogP contribution in [0, 0.1) is 0 Å². The van der Waals surface area contributed by atoms with E-state index in [0.717, 1.165) is 4.90 Å². The second-order valence-corrected chi connectivity index (χ2v) is 2.71. The van der Waals surface area contributed by atoms with Crippen LogP contribution < -0.4 is 0 Å². The van der Waals surface area contributed by atoms with Crippen LogP contribution in [-0.2, 0) is 9.59 Å². The molecule has 0 atom stereocenters. The Kier molecular flexibility index (Phi) is 2.80. The molecule has 0 saturated heterocycles. The summed E-state index contributed by atoms with van der Waals surface area (Å²) in [5, 5.41) is 0. The van der Waals surface area contributed by atoms with Gasteiger partial charge in [-0.3, -0.25) is 14.5 Å². The highest BCUT2D eigenvalue weighted by atomic mass is 16.2. The van der Waals surface area contributed by atoms with Crippen LogP contribution in [0.3, 0.4) is 0 Å². The van der Waals surface area contributed by atoms with E-state index in [1.54, 1.807) is 6.08 Å². The molecule has 68 valence electrons. The van der Waals surface area contributed by atoms with Crippen molar-refractivity contribution in [3.05, 3.63) is 37.0 Å². The quantitative estimate of drug-likeness (QED) is 0.475. The fraction of sp³-hybridized carbons (Fsp3) is 0.200. The van der Waals surface area contributed by atoms with Gasteiger partial charge in [0.1, 0.15) is 0 Å². The van der Waals surface area contributed by atoms with E-state index in [0.29, 0.717) is 12.0 Å². The Labute approximate surface area is 77.0 Å². The van der Waals surface area contributed by atoms with Crippen LogP contribution in [0.15, 0.2) is 37.0 Å². The van der Waals surface area contributed by atoms with Crippen LogP contribution in [0.25, 0.3) is 0 Å². The number of nitrogens with zero attached hydrogens (tertiary/aromatic N) is 1. The van der Waals surface area contributed by atoms with E-state index < -0.39 is 0 Å². The van der Waals surface area contributed by atoms with E-state index in [1.807, 2.05) is 0 Å². The van der Waals surface area contributed by atoms with Gasteiger partial charge in [-0.2, -0.15) is 0 Å². The lowest BCUT2D eigenvalue weighted by molar-refractivity contribution is -0.136. The first-order valence-electron chi connectivity index (χ1n) is 3.99. The summed E-state index contributed by atoms with van der Waals surface area (Å²) in [5.41, 5.74) is 0.502. The normalized spacial score (nSPS) is 16.0. The zero-order valence-corrected chi connectivity index (χ0v) is 7.32. The molecule has 13 heavy (non-hydrogen) atoms. The van der Waals surface area contributed by atoms with Crippen molar-refractivity contribution < 1.29 is 9.59 Å². The second kappa shape index (κ2) is 3.85. The van der Waals surface area contributed by atoms with Crippen LogP contribution in [0.5, 0.6) is 0 Å². The molecule has 3 heteroatoms. The number of carbonyl (C=O) groups is 2. The van der Waals surface area contributed by atoms with E-state index >= 15 is 0 Å². The van der Waals surface area contributed by atoms with Crippen molar-refractivity contribution in [1.29, 1.82) is 0 Å². The highest BCUT2D eigenvalue weighted by molar-refractivity contribution is 6.16. The molecule has 0 aliphatic carbocycles. The molecule has 0 radical (unpaired) electrons. The molecule has 2 amide bonds. The Morgan fingerprint density at radius 3 is 2.54 bits per heavy atom. The minimum absolute atomic E-state index is 0.232. The standard InChI is InChI=1S/C10H11NO2/c1-3-5-8-7-9(12)11(6-4-2)10(8)13/h3-4,7H,1-2,5-6H2. The zero-order chi connectivity index (χ0) is 9.84. The SMILES string of the molecule is C=CCC1=CC(=O)N(CC=C)C1=O. The molecule has 0 aromatic carbocycles. The van der Waals surface area contributed by atoms with Crippen LogP contribution in [-0.4, -0.2) is 23.3 Å². The molecule has 0 aromatic rings. The summed E-state index contributed by atoms with van der Waals surface area (Å²) in [6, 6.07) is 0. The lowest BCUT2D eigenvalue weighted by Crippen LogP contribution is -2.30. The monoisotopic (exact) mass is 177 g/mol. The van der Waals surface area contributed by atoms with Gasteiger partial charge >= 0.3 is 0 Å². The third-order valence-corrected chi connectivity index (χ3v) is 1.76. The topological polar surface area (TPSA) is 37.4 Å². The van der Waals surface area contributed by atoms with Gasteiger partial charge in [0.25, 0.3) is 11.8 Å². The first kappa shape index (κ1) is 9.45. The summed E-state index contributed by atoms with van der Waals surface area (Å²) in [5.74, 6) is -0.494. The molecule has 0 fully saturated rings. The second-order valence-electron chi connectivity index (χ2n) is 2.71. The van der Waals surface area contributed by atoms with Crippen LogP contribution >= 0.6 is 0 Å². The molecule has 1 rings (SSSR count). The lowest BCUT2D eigenvalue weighted by Gasteiger charge is -2.10. The predicted octanol–water partition coefficient (Wildman–Crippen LogP) is 1.04. The fourth-order valence-electron chi connectivity index (χ4n) is 1.17. The van der Waals surface area contributed by atoms with Crippen LogP contribution in [0.4, 0.5) is 0 Å². The maximum Gasteiger partial charge on any atom is 0.257 e. The summed E-state index contributed by atoms with van der Waals surface area (Å²) in [7, 11) is 0. The van der Waals surface area contributed by atoms with Gasteiger partial charge in [-0.25, -0.2) is 0 Å². The number of hydrogen-bond acceptors (Lipinski definition) is 2. The van der Waals surface area contributed by atoms with E-state index in [2.05, 4.69) is 13.2 Å². The van der Waals surface area contributed by atoms with E-state index in [9.17, 15) is 9.59 Å². The van der Waals surface area contributed by atoms with E-state index in [4.69, 9.17) is 0 Å². The molecule has 1 aliphatic rings. The maximum atomic E-state index is 11.4. The van der Waals surface area contributed by atoms with Crippen LogP contribution in [0.1, 0.15) is 6.42 Å². The molecule has 1 heterocycles. The van der Waals surface area contributed by atoms with Gasteiger partial charge in [-0.1, -0.05) is 12.2 Å².